The van der Waals surface area contributed by atoms with Gasteiger partial charge in [0.1, 0.15) is 0 Å². The van der Waals surface area contributed by atoms with Crippen molar-refractivity contribution in [1.82, 2.24) is 0 Å². The maximum Gasteiger partial charge on any atom is 0.305 e. The molecule has 0 spiro atoms. The molecule has 4 fully saturated rings. The zero-order valence-corrected chi connectivity index (χ0v) is 15.4. The number of rotatable bonds is 9. The van der Waals surface area contributed by atoms with Crippen molar-refractivity contribution in [1.29, 1.82) is 0 Å². The van der Waals surface area contributed by atoms with Crippen LogP contribution in [0.25, 0.3) is 0 Å². The number of epoxide rings is 2. The quantitative estimate of drug-likeness (QED) is 0.355. The summed E-state index contributed by atoms with van der Waals surface area (Å²) in [6.45, 7) is 1.03. The van der Waals surface area contributed by atoms with E-state index in [2.05, 4.69) is 0 Å². The third-order valence-electron chi connectivity index (χ3n) is 6.20. The minimum atomic E-state index is -0.154. The Kier molecular flexibility index (Phi) is 5.79. The highest BCUT2D eigenvalue weighted by molar-refractivity contribution is 5.70. The Morgan fingerprint density at radius 2 is 1.15 bits per heavy atom. The van der Waals surface area contributed by atoms with Gasteiger partial charge in [-0.25, -0.2) is 0 Å². The first-order chi connectivity index (χ1) is 12.7. The monoisotopic (exact) mass is 366 g/mol. The average molecular weight is 366 g/mol. The number of carbonyl (C=O) groups is 2. The highest BCUT2D eigenvalue weighted by Crippen LogP contribution is 2.40. The van der Waals surface area contributed by atoms with Crippen LogP contribution in [0.4, 0.5) is 0 Å². The summed E-state index contributed by atoms with van der Waals surface area (Å²) < 4.78 is 21.7. The second-order valence-electron chi connectivity index (χ2n) is 8.36. The lowest BCUT2D eigenvalue weighted by Gasteiger charge is -2.18. The first-order valence-electron chi connectivity index (χ1n) is 10.3. The van der Waals surface area contributed by atoms with Gasteiger partial charge >= 0.3 is 11.9 Å². The summed E-state index contributed by atoms with van der Waals surface area (Å²) in [4.78, 5) is 23.6. The molecule has 0 aromatic rings. The fourth-order valence-electron chi connectivity index (χ4n) is 4.38. The number of esters is 2. The molecule has 0 amide bonds. The molecular formula is C20H30O6. The number of hydrogen-bond donors (Lipinski definition) is 0. The summed E-state index contributed by atoms with van der Waals surface area (Å²) in [5.41, 5.74) is 0. The highest BCUT2D eigenvalue weighted by Gasteiger charge is 2.44. The predicted octanol–water partition coefficient (Wildman–Crippen LogP) is 2.77. The van der Waals surface area contributed by atoms with Crippen molar-refractivity contribution in [3.8, 4) is 0 Å². The second-order valence-corrected chi connectivity index (χ2v) is 8.36. The number of hydrogen-bond acceptors (Lipinski definition) is 6. The Bertz CT molecular complexity index is 474. The Labute approximate surface area is 154 Å². The van der Waals surface area contributed by atoms with Gasteiger partial charge in [0.25, 0.3) is 0 Å². The number of carbonyl (C=O) groups excluding carboxylic acids is 2. The molecule has 2 aliphatic heterocycles. The van der Waals surface area contributed by atoms with E-state index in [4.69, 9.17) is 18.9 Å². The minimum Gasteiger partial charge on any atom is -0.465 e. The zero-order valence-electron chi connectivity index (χ0n) is 15.4. The third-order valence-corrected chi connectivity index (χ3v) is 6.20. The maximum atomic E-state index is 11.8. The lowest BCUT2D eigenvalue weighted by Crippen LogP contribution is -2.20. The van der Waals surface area contributed by atoms with Gasteiger partial charge in [0, 0.05) is 12.8 Å². The van der Waals surface area contributed by atoms with Crippen LogP contribution in [-0.4, -0.2) is 49.6 Å². The molecule has 146 valence electrons. The topological polar surface area (TPSA) is 77.7 Å². The van der Waals surface area contributed by atoms with E-state index in [0.29, 0.717) is 75.1 Å². The molecule has 2 saturated carbocycles. The van der Waals surface area contributed by atoms with E-state index in [1.165, 1.54) is 0 Å². The summed E-state index contributed by atoms with van der Waals surface area (Å²) in [5, 5.41) is 0. The van der Waals surface area contributed by atoms with E-state index in [0.717, 1.165) is 38.5 Å². The predicted molar refractivity (Wildman–Crippen MR) is 92.4 cm³/mol. The first-order valence-corrected chi connectivity index (χ1v) is 10.3. The summed E-state index contributed by atoms with van der Waals surface area (Å²) in [6.07, 6.45) is 10.4. The SMILES string of the molecule is O=C(CCCCC(=O)OC[C@@H]1CC[C@@H]2O[C@@H]2C1)OC[C@@H]1CC[C@@H]2O[C@@H]2C1. The lowest BCUT2D eigenvalue weighted by molar-refractivity contribution is -0.147. The van der Waals surface area contributed by atoms with E-state index in [1.807, 2.05) is 0 Å². The van der Waals surface area contributed by atoms with Crippen LogP contribution < -0.4 is 0 Å². The van der Waals surface area contributed by atoms with Gasteiger partial charge in [0.15, 0.2) is 0 Å². The molecule has 0 N–H and O–H groups in total. The van der Waals surface area contributed by atoms with E-state index >= 15 is 0 Å². The van der Waals surface area contributed by atoms with Gasteiger partial charge in [0.05, 0.1) is 37.6 Å². The molecule has 2 saturated heterocycles. The average Bonchev–Trinajstić information content (AvgIpc) is 3.55. The zero-order chi connectivity index (χ0) is 17.9. The molecule has 26 heavy (non-hydrogen) atoms. The molecular weight excluding hydrogens is 336 g/mol. The molecule has 6 heteroatoms. The van der Waals surface area contributed by atoms with Crippen LogP contribution in [-0.2, 0) is 28.5 Å². The Morgan fingerprint density at radius 3 is 1.58 bits per heavy atom. The van der Waals surface area contributed by atoms with Crippen molar-refractivity contribution in [3.05, 3.63) is 0 Å². The van der Waals surface area contributed by atoms with Crippen LogP contribution in [0.1, 0.15) is 64.2 Å². The van der Waals surface area contributed by atoms with E-state index < -0.39 is 0 Å². The number of ether oxygens (including phenoxy) is 4. The largest absolute Gasteiger partial charge is 0.465 e. The van der Waals surface area contributed by atoms with Crippen molar-refractivity contribution in [3.63, 3.8) is 0 Å². The Hall–Kier alpha value is -1.14. The molecule has 2 heterocycles. The van der Waals surface area contributed by atoms with Crippen molar-refractivity contribution < 1.29 is 28.5 Å². The second kappa shape index (κ2) is 8.26. The smallest absolute Gasteiger partial charge is 0.305 e. The number of unbranched alkanes of at least 4 members (excludes halogenated alkanes) is 1. The molecule has 4 aliphatic rings. The van der Waals surface area contributed by atoms with Gasteiger partial charge in [-0.1, -0.05) is 0 Å². The molecule has 4 rings (SSSR count). The van der Waals surface area contributed by atoms with Crippen molar-refractivity contribution in [2.24, 2.45) is 11.8 Å². The van der Waals surface area contributed by atoms with Crippen molar-refractivity contribution in [2.75, 3.05) is 13.2 Å². The van der Waals surface area contributed by atoms with E-state index in [9.17, 15) is 9.59 Å². The maximum absolute atomic E-state index is 11.8. The fraction of sp³-hybridized carbons (Fsp3) is 0.900. The van der Waals surface area contributed by atoms with Crippen molar-refractivity contribution >= 4 is 11.9 Å². The number of fused-ring (bicyclic) bond motifs is 2. The molecule has 0 aromatic carbocycles. The van der Waals surface area contributed by atoms with Crippen LogP contribution >= 0.6 is 0 Å². The standard InChI is InChI=1S/C20H30O6/c21-19(23-11-13-5-7-15-17(9-13)25-15)3-1-2-4-20(22)24-12-14-6-8-16-18(10-14)26-16/h13-18H,1-12H2/t13-,14-,15+,16+,17-,18-/m1/s1. The minimum absolute atomic E-state index is 0.154. The van der Waals surface area contributed by atoms with Crippen LogP contribution in [0.5, 0.6) is 0 Å². The molecule has 0 unspecified atom stereocenters. The van der Waals surface area contributed by atoms with Gasteiger partial charge in [-0.2, -0.15) is 0 Å². The van der Waals surface area contributed by atoms with Crippen molar-refractivity contribution in [2.45, 2.75) is 88.6 Å². The summed E-state index contributed by atoms with van der Waals surface area (Å²) in [7, 11) is 0. The molecule has 2 aliphatic carbocycles. The van der Waals surface area contributed by atoms with E-state index in [-0.39, 0.29) is 11.9 Å². The van der Waals surface area contributed by atoms with Crippen LogP contribution in [0.3, 0.4) is 0 Å². The Morgan fingerprint density at radius 1 is 0.692 bits per heavy atom. The molecule has 0 bridgehead atoms. The molecule has 0 aromatic heterocycles. The normalized spacial score (nSPS) is 37.2. The first kappa shape index (κ1) is 18.2. The summed E-state index contributed by atoms with van der Waals surface area (Å²) in [5.74, 6) is 0.597. The van der Waals surface area contributed by atoms with Gasteiger partial charge in [-0.3, -0.25) is 9.59 Å². The molecule has 6 atom stereocenters. The van der Waals surface area contributed by atoms with Crippen LogP contribution in [0, 0.1) is 11.8 Å². The summed E-state index contributed by atoms with van der Waals surface area (Å²) in [6, 6.07) is 0. The fourth-order valence-corrected chi connectivity index (χ4v) is 4.38. The highest BCUT2D eigenvalue weighted by atomic mass is 16.6. The Balaban J connectivity index is 0.992. The lowest BCUT2D eigenvalue weighted by atomic mass is 9.90. The van der Waals surface area contributed by atoms with Gasteiger partial charge in [0.2, 0.25) is 0 Å². The molecule has 0 radical (unpaired) electrons. The van der Waals surface area contributed by atoms with Gasteiger partial charge in [-0.05, 0) is 63.2 Å². The van der Waals surface area contributed by atoms with E-state index in [1.54, 1.807) is 0 Å². The molecule has 6 nitrogen and oxygen atoms in total. The van der Waals surface area contributed by atoms with Crippen LogP contribution in [0.2, 0.25) is 0 Å². The van der Waals surface area contributed by atoms with Gasteiger partial charge in [-0.15, -0.1) is 0 Å². The van der Waals surface area contributed by atoms with Gasteiger partial charge < -0.3 is 18.9 Å². The summed E-state index contributed by atoms with van der Waals surface area (Å²) >= 11 is 0. The third kappa shape index (κ3) is 5.19. The van der Waals surface area contributed by atoms with Crippen LogP contribution in [0.15, 0.2) is 0 Å².